The van der Waals surface area contributed by atoms with E-state index in [4.69, 9.17) is 10.2 Å². The van der Waals surface area contributed by atoms with Crippen LogP contribution >= 0.6 is 0 Å². The summed E-state index contributed by atoms with van der Waals surface area (Å²) in [4.78, 5) is 18.5. The molecule has 1 aromatic rings. The van der Waals surface area contributed by atoms with Crippen LogP contribution in [-0.2, 0) is 4.79 Å². The lowest BCUT2D eigenvalue weighted by molar-refractivity contribution is -0.137. The van der Waals surface area contributed by atoms with E-state index < -0.39 is 18.1 Å². The summed E-state index contributed by atoms with van der Waals surface area (Å²) in [6, 6.07) is 0.858. The highest BCUT2D eigenvalue weighted by molar-refractivity contribution is 5.76. The van der Waals surface area contributed by atoms with Gasteiger partial charge in [-0.3, -0.25) is 4.79 Å². The second-order valence-corrected chi connectivity index (χ2v) is 3.72. The number of rotatable bonds is 6. The SMILES string of the molecule is CC(O)CNc1cc(NC(C)C(=O)O)ncn1. The fourth-order valence-corrected chi connectivity index (χ4v) is 1.07. The largest absolute Gasteiger partial charge is 0.480 e. The Morgan fingerprint density at radius 2 is 2.06 bits per heavy atom. The van der Waals surface area contributed by atoms with Gasteiger partial charge in [0.1, 0.15) is 24.0 Å². The monoisotopic (exact) mass is 240 g/mol. The Morgan fingerprint density at radius 1 is 1.41 bits per heavy atom. The minimum absolute atomic E-state index is 0.366. The summed E-state index contributed by atoms with van der Waals surface area (Å²) in [6.45, 7) is 3.54. The standard InChI is InChI=1S/C10H16N4O3/c1-6(15)4-11-8-3-9(13-5-12-8)14-7(2)10(16)17/h3,5-7,15H,4H2,1-2H3,(H,16,17)(H2,11,12,13,14). The van der Waals surface area contributed by atoms with Gasteiger partial charge in [0.05, 0.1) is 6.10 Å². The third-order valence-electron chi connectivity index (χ3n) is 1.98. The zero-order chi connectivity index (χ0) is 12.8. The average Bonchev–Trinajstić information content (AvgIpc) is 2.26. The van der Waals surface area contributed by atoms with E-state index in [1.807, 2.05) is 0 Å². The van der Waals surface area contributed by atoms with Crippen LogP contribution in [0.25, 0.3) is 0 Å². The molecular weight excluding hydrogens is 224 g/mol. The fraction of sp³-hybridized carbons (Fsp3) is 0.500. The number of hydrogen-bond acceptors (Lipinski definition) is 6. The number of nitrogens with zero attached hydrogens (tertiary/aromatic N) is 2. The molecule has 7 nitrogen and oxygen atoms in total. The van der Waals surface area contributed by atoms with E-state index in [-0.39, 0.29) is 0 Å². The maximum atomic E-state index is 10.6. The molecule has 4 N–H and O–H groups in total. The van der Waals surface area contributed by atoms with Crippen molar-refractivity contribution in [2.75, 3.05) is 17.2 Å². The molecule has 7 heteroatoms. The molecule has 17 heavy (non-hydrogen) atoms. The quantitative estimate of drug-likeness (QED) is 0.560. The highest BCUT2D eigenvalue weighted by Crippen LogP contribution is 2.09. The predicted octanol–water partition coefficient (Wildman–Crippen LogP) is 0.154. The van der Waals surface area contributed by atoms with E-state index in [0.29, 0.717) is 18.2 Å². The van der Waals surface area contributed by atoms with Gasteiger partial charge >= 0.3 is 5.97 Å². The first kappa shape index (κ1) is 13.2. The molecule has 0 aliphatic rings. The smallest absolute Gasteiger partial charge is 0.325 e. The molecule has 0 aromatic carbocycles. The van der Waals surface area contributed by atoms with Crippen LogP contribution in [0.3, 0.4) is 0 Å². The van der Waals surface area contributed by atoms with E-state index in [2.05, 4.69) is 20.6 Å². The maximum Gasteiger partial charge on any atom is 0.325 e. The van der Waals surface area contributed by atoms with Gasteiger partial charge in [0.25, 0.3) is 0 Å². The minimum atomic E-state index is -0.956. The van der Waals surface area contributed by atoms with Crippen LogP contribution in [-0.4, -0.2) is 44.8 Å². The Bertz CT molecular complexity index is 384. The molecule has 0 saturated heterocycles. The molecule has 0 saturated carbocycles. The second-order valence-electron chi connectivity index (χ2n) is 3.72. The molecule has 2 unspecified atom stereocenters. The van der Waals surface area contributed by atoms with Crippen molar-refractivity contribution in [3.63, 3.8) is 0 Å². The number of aliphatic hydroxyl groups is 1. The molecule has 0 aliphatic heterocycles. The molecular formula is C10H16N4O3. The molecule has 1 aromatic heterocycles. The van der Waals surface area contributed by atoms with Crippen LogP contribution in [0.2, 0.25) is 0 Å². The van der Waals surface area contributed by atoms with Gasteiger partial charge in [-0.25, -0.2) is 9.97 Å². The van der Waals surface area contributed by atoms with E-state index in [1.165, 1.54) is 13.3 Å². The van der Waals surface area contributed by atoms with Crippen molar-refractivity contribution in [3.8, 4) is 0 Å². The highest BCUT2D eigenvalue weighted by Gasteiger charge is 2.11. The number of aliphatic hydroxyl groups excluding tert-OH is 1. The third kappa shape index (κ3) is 4.64. The van der Waals surface area contributed by atoms with Gasteiger partial charge in [-0.1, -0.05) is 0 Å². The minimum Gasteiger partial charge on any atom is -0.480 e. The van der Waals surface area contributed by atoms with E-state index in [1.54, 1.807) is 13.0 Å². The summed E-state index contributed by atoms with van der Waals surface area (Å²) in [7, 11) is 0. The van der Waals surface area contributed by atoms with E-state index in [9.17, 15) is 4.79 Å². The van der Waals surface area contributed by atoms with Crippen molar-refractivity contribution < 1.29 is 15.0 Å². The van der Waals surface area contributed by atoms with Crippen LogP contribution in [0.4, 0.5) is 11.6 Å². The number of anilines is 2. The molecule has 0 fully saturated rings. The summed E-state index contributed by atoms with van der Waals surface area (Å²) >= 11 is 0. The highest BCUT2D eigenvalue weighted by atomic mass is 16.4. The molecule has 0 bridgehead atoms. The Balaban J connectivity index is 2.62. The lowest BCUT2D eigenvalue weighted by atomic mass is 10.3. The van der Waals surface area contributed by atoms with Gasteiger partial charge in [0.2, 0.25) is 0 Å². The molecule has 0 radical (unpaired) electrons. The average molecular weight is 240 g/mol. The van der Waals surface area contributed by atoms with Gasteiger partial charge in [0, 0.05) is 12.6 Å². The Morgan fingerprint density at radius 3 is 2.65 bits per heavy atom. The van der Waals surface area contributed by atoms with Crippen LogP contribution in [0.1, 0.15) is 13.8 Å². The number of hydrogen-bond donors (Lipinski definition) is 4. The first-order valence-electron chi connectivity index (χ1n) is 5.22. The number of carbonyl (C=O) groups is 1. The zero-order valence-corrected chi connectivity index (χ0v) is 9.71. The van der Waals surface area contributed by atoms with Crippen molar-refractivity contribution >= 4 is 17.6 Å². The van der Waals surface area contributed by atoms with Crippen molar-refractivity contribution in [3.05, 3.63) is 12.4 Å². The maximum absolute atomic E-state index is 10.6. The Labute approximate surface area is 98.9 Å². The number of aliphatic carboxylic acids is 1. The summed E-state index contributed by atoms with van der Waals surface area (Å²) in [6.07, 6.45) is 0.834. The fourth-order valence-electron chi connectivity index (χ4n) is 1.07. The number of nitrogens with one attached hydrogen (secondary N) is 2. The van der Waals surface area contributed by atoms with Crippen molar-refractivity contribution in [2.45, 2.75) is 26.0 Å². The van der Waals surface area contributed by atoms with Crippen LogP contribution < -0.4 is 10.6 Å². The van der Waals surface area contributed by atoms with Gasteiger partial charge in [0.15, 0.2) is 0 Å². The van der Waals surface area contributed by atoms with E-state index >= 15 is 0 Å². The van der Waals surface area contributed by atoms with Crippen LogP contribution in [0.15, 0.2) is 12.4 Å². The number of aromatic nitrogens is 2. The number of carboxylic acids is 1. The van der Waals surface area contributed by atoms with Gasteiger partial charge in [-0.05, 0) is 13.8 Å². The molecule has 1 rings (SSSR count). The number of carboxylic acid groups (broad SMARTS) is 1. The summed E-state index contributed by atoms with van der Waals surface area (Å²) in [5.74, 6) is -0.00826. The normalized spacial score (nSPS) is 13.8. The van der Waals surface area contributed by atoms with Crippen molar-refractivity contribution in [2.24, 2.45) is 0 Å². The molecule has 2 atom stereocenters. The Kier molecular flexibility index (Phi) is 4.65. The molecule has 0 aliphatic carbocycles. The summed E-state index contributed by atoms with van der Waals surface area (Å²) < 4.78 is 0. The first-order chi connectivity index (χ1) is 7.99. The molecule has 1 heterocycles. The second kappa shape index (κ2) is 6.00. The topological polar surface area (TPSA) is 107 Å². The van der Waals surface area contributed by atoms with Crippen molar-refractivity contribution in [1.82, 2.24) is 9.97 Å². The first-order valence-corrected chi connectivity index (χ1v) is 5.22. The van der Waals surface area contributed by atoms with E-state index in [0.717, 1.165) is 0 Å². The summed E-state index contributed by atoms with van der Waals surface area (Å²) in [5.41, 5.74) is 0. The third-order valence-corrected chi connectivity index (χ3v) is 1.98. The van der Waals surface area contributed by atoms with Crippen molar-refractivity contribution in [1.29, 1.82) is 0 Å². The van der Waals surface area contributed by atoms with Crippen LogP contribution in [0.5, 0.6) is 0 Å². The lowest BCUT2D eigenvalue weighted by Gasteiger charge is -2.11. The summed E-state index contributed by atoms with van der Waals surface area (Å²) in [5, 5.41) is 23.5. The zero-order valence-electron chi connectivity index (χ0n) is 9.71. The molecule has 0 spiro atoms. The predicted molar refractivity (Wildman–Crippen MR) is 62.9 cm³/mol. The van der Waals surface area contributed by atoms with Gasteiger partial charge in [-0.2, -0.15) is 0 Å². The van der Waals surface area contributed by atoms with Gasteiger partial charge < -0.3 is 20.8 Å². The molecule has 94 valence electrons. The molecule has 0 amide bonds. The van der Waals surface area contributed by atoms with Gasteiger partial charge in [-0.15, -0.1) is 0 Å². The lowest BCUT2D eigenvalue weighted by Crippen LogP contribution is -2.26. The van der Waals surface area contributed by atoms with Crippen LogP contribution in [0, 0.1) is 0 Å². The Hall–Kier alpha value is -1.89.